The lowest BCUT2D eigenvalue weighted by Gasteiger charge is -2.04. The monoisotopic (exact) mass is 333 g/mol. The zero-order valence-electron chi connectivity index (χ0n) is 11.8. The van der Waals surface area contributed by atoms with Crippen molar-refractivity contribution in [1.82, 2.24) is 5.43 Å². The van der Waals surface area contributed by atoms with Crippen LogP contribution in [0.5, 0.6) is 5.75 Å². The molecule has 0 aliphatic rings. The average molecular weight is 334 g/mol. The minimum absolute atomic E-state index is 0.0497. The molecule has 8 heteroatoms. The van der Waals surface area contributed by atoms with Crippen LogP contribution in [0.25, 0.3) is 0 Å². The number of nitrogens with one attached hydrogen (secondary N) is 1. The Bertz CT molecular complexity index is 732. The first-order chi connectivity index (χ1) is 11.0. The molecule has 0 bridgehead atoms. The van der Waals surface area contributed by atoms with Gasteiger partial charge in [0.2, 0.25) is 0 Å². The standard InChI is InChI=1S/C15H12ClN3O4/c16-12-4-6-14(7-5-12)23-10-15(20)18-17-9-11-2-1-3-13(8-11)19(21)22/h1-9H,10H2,(H,18,20). The molecule has 2 rings (SSSR count). The van der Waals surface area contributed by atoms with Crippen molar-refractivity contribution in [2.75, 3.05) is 6.61 Å². The topological polar surface area (TPSA) is 93.8 Å². The van der Waals surface area contributed by atoms with Gasteiger partial charge >= 0.3 is 0 Å². The van der Waals surface area contributed by atoms with E-state index in [1.807, 2.05) is 0 Å². The Morgan fingerprint density at radius 3 is 2.74 bits per heavy atom. The van der Waals surface area contributed by atoms with Crippen LogP contribution in [0.1, 0.15) is 5.56 Å². The molecule has 23 heavy (non-hydrogen) atoms. The number of halogens is 1. The van der Waals surface area contributed by atoms with Crippen LogP contribution in [0.2, 0.25) is 5.02 Å². The van der Waals surface area contributed by atoms with Gasteiger partial charge in [-0.3, -0.25) is 14.9 Å². The van der Waals surface area contributed by atoms with Crippen LogP contribution in [0.15, 0.2) is 53.6 Å². The summed E-state index contributed by atoms with van der Waals surface area (Å²) in [5, 5.41) is 14.9. The molecule has 2 aromatic carbocycles. The number of non-ortho nitro benzene ring substituents is 1. The van der Waals surface area contributed by atoms with Crippen molar-refractivity contribution in [2.24, 2.45) is 5.10 Å². The van der Waals surface area contributed by atoms with Crippen LogP contribution in [-0.2, 0) is 4.79 Å². The normalized spacial score (nSPS) is 10.5. The van der Waals surface area contributed by atoms with Crippen LogP contribution in [0, 0.1) is 10.1 Å². The van der Waals surface area contributed by atoms with Crippen LogP contribution in [-0.4, -0.2) is 23.7 Å². The van der Waals surface area contributed by atoms with Gasteiger partial charge in [-0.25, -0.2) is 5.43 Å². The van der Waals surface area contributed by atoms with Gasteiger partial charge < -0.3 is 4.74 Å². The summed E-state index contributed by atoms with van der Waals surface area (Å²) in [5.41, 5.74) is 2.72. The zero-order valence-corrected chi connectivity index (χ0v) is 12.6. The van der Waals surface area contributed by atoms with Gasteiger partial charge in [-0.2, -0.15) is 5.10 Å². The molecule has 0 atom stereocenters. The van der Waals surface area contributed by atoms with E-state index in [1.165, 1.54) is 24.4 Å². The molecular formula is C15H12ClN3O4. The number of nitrogens with zero attached hydrogens (tertiary/aromatic N) is 2. The molecule has 0 aromatic heterocycles. The second-order valence-corrected chi connectivity index (χ2v) is 4.82. The number of carbonyl (C=O) groups is 1. The summed E-state index contributed by atoms with van der Waals surface area (Å²) in [7, 11) is 0. The number of rotatable bonds is 6. The Kier molecular flexibility index (Phi) is 5.65. The van der Waals surface area contributed by atoms with Gasteiger partial charge in [0.25, 0.3) is 11.6 Å². The number of hydrogen-bond acceptors (Lipinski definition) is 5. The molecule has 0 heterocycles. The van der Waals surface area contributed by atoms with Crippen molar-refractivity contribution in [3.05, 3.63) is 69.2 Å². The van der Waals surface area contributed by atoms with Crippen LogP contribution in [0.3, 0.4) is 0 Å². The number of carbonyl (C=O) groups excluding carboxylic acids is 1. The lowest BCUT2D eigenvalue weighted by atomic mass is 10.2. The molecule has 0 saturated heterocycles. The molecule has 0 radical (unpaired) electrons. The Morgan fingerprint density at radius 1 is 1.30 bits per heavy atom. The second kappa shape index (κ2) is 7.90. The summed E-state index contributed by atoms with van der Waals surface area (Å²) in [6.07, 6.45) is 1.31. The fraction of sp³-hybridized carbons (Fsp3) is 0.0667. The van der Waals surface area contributed by atoms with Crippen molar-refractivity contribution in [2.45, 2.75) is 0 Å². The fourth-order valence-electron chi connectivity index (χ4n) is 1.61. The van der Waals surface area contributed by atoms with Crippen molar-refractivity contribution in [3.8, 4) is 5.75 Å². The number of ether oxygens (including phenoxy) is 1. The van der Waals surface area contributed by atoms with Gasteiger partial charge in [0.1, 0.15) is 5.75 Å². The summed E-state index contributed by atoms with van der Waals surface area (Å²) in [6, 6.07) is 12.5. The number of nitro groups is 1. The van der Waals surface area contributed by atoms with E-state index in [0.29, 0.717) is 16.3 Å². The molecule has 0 spiro atoms. The van der Waals surface area contributed by atoms with Gasteiger partial charge in [-0.05, 0) is 24.3 Å². The van der Waals surface area contributed by atoms with Crippen molar-refractivity contribution >= 4 is 29.4 Å². The lowest BCUT2D eigenvalue weighted by molar-refractivity contribution is -0.384. The van der Waals surface area contributed by atoms with E-state index in [9.17, 15) is 14.9 Å². The van der Waals surface area contributed by atoms with E-state index in [0.717, 1.165) is 0 Å². The third-order valence-electron chi connectivity index (χ3n) is 2.67. The zero-order chi connectivity index (χ0) is 16.7. The van der Waals surface area contributed by atoms with E-state index >= 15 is 0 Å². The first-order valence-electron chi connectivity index (χ1n) is 6.49. The quantitative estimate of drug-likeness (QED) is 0.499. The lowest BCUT2D eigenvalue weighted by Crippen LogP contribution is -2.24. The van der Waals surface area contributed by atoms with Crippen LogP contribution in [0.4, 0.5) is 5.69 Å². The smallest absolute Gasteiger partial charge is 0.277 e. The van der Waals surface area contributed by atoms with E-state index in [4.69, 9.17) is 16.3 Å². The third kappa shape index (κ3) is 5.40. The number of hydrazone groups is 1. The summed E-state index contributed by atoms with van der Waals surface area (Å²) < 4.78 is 5.24. The van der Waals surface area contributed by atoms with Crippen molar-refractivity contribution in [3.63, 3.8) is 0 Å². The minimum atomic E-state index is -0.504. The molecule has 0 unspecified atom stereocenters. The maximum Gasteiger partial charge on any atom is 0.277 e. The molecular weight excluding hydrogens is 322 g/mol. The van der Waals surface area contributed by atoms with Gasteiger partial charge in [0, 0.05) is 22.7 Å². The first-order valence-corrected chi connectivity index (χ1v) is 6.87. The van der Waals surface area contributed by atoms with Gasteiger partial charge in [-0.1, -0.05) is 23.7 Å². The highest BCUT2D eigenvalue weighted by Crippen LogP contribution is 2.15. The Labute approximate surface area is 136 Å². The Hall–Kier alpha value is -2.93. The van der Waals surface area contributed by atoms with Crippen molar-refractivity contribution < 1.29 is 14.5 Å². The first kappa shape index (κ1) is 16.4. The number of nitro benzene ring substituents is 1. The predicted molar refractivity (Wildman–Crippen MR) is 85.8 cm³/mol. The molecule has 1 amide bonds. The van der Waals surface area contributed by atoms with Crippen molar-refractivity contribution in [1.29, 1.82) is 0 Å². The van der Waals surface area contributed by atoms with E-state index in [2.05, 4.69) is 10.5 Å². The van der Waals surface area contributed by atoms with Gasteiger partial charge in [-0.15, -0.1) is 0 Å². The molecule has 0 fully saturated rings. The molecule has 2 aromatic rings. The minimum Gasteiger partial charge on any atom is -0.484 e. The predicted octanol–water partition coefficient (Wildman–Crippen LogP) is 2.78. The molecule has 0 saturated carbocycles. The number of benzene rings is 2. The molecule has 1 N–H and O–H groups in total. The summed E-state index contributed by atoms with van der Waals surface area (Å²) in [4.78, 5) is 21.7. The molecule has 7 nitrogen and oxygen atoms in total. The van der Waals surface area contributed by atoms with E-state index in [1.54, 1.807) is 30.3 Å². The molecule has 0 aliphatic heterocycles. The SMILES string of the molecule is O=C(COc1ccc(Cl)cc1)NN=Cc1cccc([N+](=O)[O-])c1. The van der Waals surface area contributed by atoms with E-state index < -0.39 is 10.8 Å². The van der Waals surface area contributed by atoms with Crippen LogP contribution >= 0.6 is 11.6 Å². The third-order valence-corrected chi connectivity index (χ3v) is 2.92. The number of amides is 1. The Balaban J connectivity index is 1.83. The van der Waals surface area contributed by atoms with Gasteiger partial charge in [0.05, 0.1) is 11.1 Å². The largest absolute Gasteiger partial charge is 0.484 e. The average Bonchev–Trinajstić information content (AvgIpc) is 2.54. The Morgan fingerprint density at radius 2 is 2.04 bits per heavy atom. The highest BCUT2D eigenvalue weighted by atomic mass is 35.5. The maximum absolute atomic E-state index is 11.6. The highest BCUT2D eigenvalue weighted by molar-refractivity contribution is 6.30. The second-order valence-electron chi connectivity index (χ2n) is 4.39. The van der Waals surface area contributed by atoms with E-state index in [-0.39, 0.29) is 12.3 Å². The highest BCUT2D eigenvalue weighted by Gasteiger charge is 2.04. The van der Waals surface area contributed by atoms with Crippen LogP contribution < -0.4 is 10.2 Å². The van der Waals surface area contributed by atoms with Gasteiger partial charge in [0.15, 0.2) is 6.61 Å². The summed E-state index contributed by atoms with van der Waals surface area (Å²) >= 11 is 5.74. The molecule has 0 aliphatic carbocycles. The molecule has 118 valence electrons. The fourth-order valence-corrected chi connectivity index (χ4v) is 1.74. The number of hydrogen-bond donors (Lipinski definition) is 1. The summed E-state index contributed by atoms with van der Waals surface area (Å²) in [5.74, 6) is 0.0499. The summed E-state index contributed by atoms with van der Waals surface area (Å²) in [6.45, 7) is -0.214. The maximum atomic E-state index is 11.6.